The molecule has 1 atom stereocenters. The Hall–Kier alpha value is -0.440. The SMILES string of the molecule is CCCNC1CCN(c2cc(Cl)c(C)cc2Cl)C1. The Balaban J connectivity index is 2.07. The maximum absolute atomic E-state index is 6.31. The second-order valence-corrected chi connectivity index (χ2v) is 5.75. The van der Waals surface area contributed by atoms with Gasteiger partial charge in [-0.15, -0.1) is 0 Å². The van der Waals surface area contributed by atoms with Gasteiger partial charge in [-0.1, -0.05) is 30.1 Å². The van der Waals surface area contributed by atoms with E-state index in [0.717, 1.165) is 40.9 Å². The predicted octanol–water partition coefficient (Wildman–Crippen LogP) is 3.88. The van der Waals surface area contributed by atoms with Crippen molar-refractivity contribution in [3.8, 4) is 0 Å². The smallest absolute Gasteiger partial charge is 0.0643 e. The van der Waals surface area contributed by atoms with Crippen LogP contribution in [0.4, 0.5) is 5.69 Å². The van der Waals surface area contributed by atoms with E-state index in [-0.39, 0.29) is 0 Å². The molecule has 1 unspecified atom stereocenters. The van der Waals surface area contributed by atoms with Crippen LogP contribution in [0.15, 0.2) is 12.1 Å². The van der Waals surface area contributed by atoms with Crippen molar-refractivity contribution in [1.29, 1.82) is 0 Å². The summed E-state index contributed by atoms with van der Waals surface area (Å²) in [6.45, 7) is 7.31. The number of hydrogen-bond donors (Lipinski definition) is 1. The Kier molecular flexibility index (Phi) is 4.77. The molecule has 1 aromatic rings. The van der Waals surface area contributed by atoms with Gasteiger partial charge in [-0.3, -0.25) is 0 Å². The molecule has 1 N–H and O–H groups in total. The molecule has 0 saturated carbocycles. The maximum atomic E-state index is 6.31. The molecule has 1 aliphatic rings. The third kappa shape index (κ3) is 3.11. The van der Waals surface area contributed by atoms with Crippen LogP contribution in [0.3, 0.4) is 0 Å². The van der Waals surface area contributed by atoms with E-state index >= 15 is 0 Å². The lowest BCUT2D eigenvalue weighted by molar-refractivity contribution is 0.549. The molecule has 0 aromatic heterocycles. The molecule has 2 rings (SSSR count). The van der Waals surface area contributed by atoms with Crippen LogP contribution in [-0.4, -0.2) is 25.7 Å². The first kappa shape index (κ1) is 14.0. The van der Waals surface area contributed by atoms with E-state index in [4.69, 9.17) is 23.2 Å². The van der Waals surface area contributed by atoms with Crippen LogP contribution in [-0.2, 0) is 0 Å². The molecule has 0 aliphatic carbocycles. The fraction of sp³-hybridized carbons (Fsp3) is 0.571. The molecule has 18 heavy (non-hydrogen) atoms. The van der Waals surface area contributed by atoms with Crippen LogP contribution in [0.2, 0.25) is 10.0 Å². The summed E-state index contributed by atoms with van der Waals surface area (Å²) < 4.78 is 0. The van der Waals surface area contributed by atoms with Crippen molar-refractivity contribution in [3.63, 3.8) is 0 Å². The van der Waals surface area contributed by atoms with Crippen molar-refractivity contribution in [2.45, 2.75) is 32.7 Å². The minimum atomic E-state index is 0.570. The lowest BCUT2D eigenvalue weighted by atomic mass is 10.2. The number of hydrogen-bond acceptors (Lipinski definition) is 2. The first-order valence-electron chi connectivity index (χ1n) is 6.55. The van der Waals surface area contributed by atoms with Gasteiger partial charge >= 0.3 is 0 Å². The summed E-state index contributed by atoms with van der Waals surface area (Å²) >= 11 is 12.5. The zero-order valence-electron chi connectivity index (χ0n) is 11.0. The Bertz CT molecular complexity index is 421. The molecule has 2 nitrogen and oxygen atoms in total. The van der Waals surface area contributed by atoms with Crippen LogP contribution in [0.1, 0.15) is 25.3 Å². The van der Waals surface area contributed by atoms with Gasteiger partial charge in [-0.25, -0.2) is 0 Å². The van der Waals surface area contributed by atoms with E-state index in [1.807, 2.05) is 19.1 Å². The van der Waals surface area contributed by atoms with Gasteiger partial charge in [0.15, 0.2) is 0 Å². The van der Waals surface area contributed by atoms with E-state index in [2.05, 4.69) is 17.1 Å². The number of benzene rings is 1. The van der Waals surface area contributed by atoms with E-state index in [1.165, 1.54) is 12.8 Å². The number of rotatable bonds is 4. The Morgan fingerprint density at radius 1 is 1.33 bits per heavy atom. The first-order chi connectivity index (χ1) is 8.61. The van der Waals surface area contributed by atoms with Crippen molar-refractivity contribution in [1.82, 2.24) is 5.32 Å². The largest absolute Gasteiger partial charge is 0.369 e. The molecule has 0 bridgehead atoms. The lowest BCUT2D eigenvalue weighted by Gasteiger charge is -2.21. The van der Waals surface area contributed by atoms with Gasteiger partial charge in [-0.2, -0.15) is 0 Å². The minimum Gasteiger partial charge on any atom is -0.369 e. The molecule has 1 heterocycles. The zero-order valence-corrected chi connectivity index (χ0v) is 12.5. The average Bonchev–Trinajstić information content (AvgIpc) is 2.79. The number of anilines is 1. The van der Waals surface area contributed by atoms with Crippen molar-refractivity contribution in [3.05, 3.63) is 27.7 Å². The maximum Gasteiger partial charge on any atom is 0.0643 e. The Morgan fingerprint density at radius 3 is 2.83 bits per heavy atom. The monoisotopic (exact) mass is 286 g/mol. The molecule has 100 valence electrons. The molecule has 0 amide bonds. The summed E-state index contributed by atoms with van der Waals surface area (Å²) in [6, 6.07) is 4.51. The highest BCUT2D eigenvalue weighted by atomic mass is 35.5. The summed E-state index contributed by atoms with van der Waals surface area (Å²) in [5, 5.41) is 5.15. The number of nitrogens with zero attached hydrogens (tertiary/aromatic N) is 1. The molecule has 0 spiro atoms. The molecule has 0 radical (unpaired) electrons. The van der Waals surface area contributed by atoms with Gasteiger partial charge in [0.25, 0.3) is 0 Å². The normalized spacial score (nSPS) is 19.6. The lowest BCUT2D eigenvalue weighted by Crippen LogP contribution is -2.33. The van der Waals surface area contributed by atoms with Crippen molar-refractivity contribution in [2.24, 2.45) is 0 Å². The second kappa shape index (κ2) is 6.14. The van der Waals surface area contributed by atoms with E-state index < -0.39 is 0 Å². The van der Waals surface area contributed by atoms with Crippen LogP contribution in [0.5, 0.6) is 0 Å². The fourth-order valence-electron chi connectivity index (χ4n) is 2.37. The van der Waals surface area contributed by atoms with E-state index in [1.54, 1.807) is 0 Å². The van der Waals surface area contributed by atoms with E-state index in [0.29, 0.717) is 6.04 Å². The molecule has 1 aliphatic heterocycles. The van der Waals surface area contributed by atoms with Crippen LogP contribution in [0, 0.1) is 6.92 Å². The van der Waals surface area contributed by atoms with Crippen LogP contribution >= 0.6 is 23.2 Å². The van der Waals surface area contributed by atoms with Crippen molar-refractivity contribution >= 4 is 28.9 Å². The standard InChI is InChI=1S/C14H20Cl2N2/c1-3-5-17-11-4-6-18(9-11)14-8-12(15)10(2)7-13(14)16/h7-8,11,17H,3-6,9H2,1-2H3. The van der Waals surface area contributed by atoms with Crippen molar-refractivity contribution in [2.75, 3.05) is 24.5 Å². The third-order valence-electron chi connectivity index (χ3n) is 3.44. The molecule has 4 heteroatoms. The second-order valence-electron chi connectivity index (χ2n) is 4.94. The number of nitrogens with one attached hydrogen (secondary N) is 1. The number of halogens is 2. The zero-order chi connectivity index (χ0) is 13.1. The predicted molar refractivity (Wildman–Crippen MR) is 80.1 cm³/mol. The minimum absolute atomic E-state index is 0.570. The molecule has 1 saturated heterocycles. The van der Waals surface area contributed by atoms with Gasteiger partial charge in [0, 0.05) is 24.2 Å². The topological polar surface area (TPSA) is 15.3 Å². The van der Waals surface area contributed by atoms with Gasteiger partial charge in [0.1, 0.15) is 0 Å². The summed E-state index contributed by atoms with van der Waals surface area (Å²) in [6.07, 6.45) is 2.34. The fourth-order valence-corrected chi connectivity index (χ4v) is 2.87. The Labute approximate surface area is 119 Å². The summed E-state index contributed by atoms with van der Waals surface area (Å²) in [5.74, 6) is 0. The van der Waals surface area contributed by atoms with Crippen molar-refractivity contribution < 1.29 is 0 Å². The highest BCUT2D eigenvalue weighted by Crippen LogP contribution is 2.33. The van der Waals surface area contributed by atoms with Gasteiger partial charge in [0.2, 0.25) is 0 Å². The van der Waals surface area contributed by atoms with Gasteiger partial charge < -0.3 is 10.2 Å². The Morgan fingerprint density at radius 2 is 2.11 bits per heavy atom. The quantitative estimate of drug-likeness (QED) is 0.904. The third-order valence-corrected chi connectivity index (χ3v) is 4.15. The highest BCUT2D eigenvalue weighted by Gasteiger charge is 2.23. The molecular formula is C14H20Cl2N2. The van der Waals surface area contributed by atoms with E-state index in [9.17, 15) is 0 Å². The van der Waals surface area contributed by atoms with Gasteiger partial charge in [-0.05, 0) is 44.0 Å². The van der Waals surface area contributed by atoms with Crippen LogP contribution in [0.25, 0.3) is 0 Å². The summed E-state index contributed by atoms with van der Waals surface area (Å²) in [7, 11) is 0. The first-order valence-corrected chi connectivity index (χ1v) is 7.31. The highest BCUT2D eigenvalue weighted by molar-refractivity contribution is 6.35. The summed E-state index contributed by atoms with van der Waals surface area (Å²) in [5.41, 5.74) is 2.10. The molecule has 1 aromatic carbocycles. The van der Waals surface area contributed by atoms with Crippen LogP contribution < -0.4 is 10.2 Å². The average molecular weight is 287 g/mol. The molecule has 1 fully saturated rings. The van der Waals surface area contributed by atoms with Gasteiger partial charge in [0.05, 0.1) is 10.7 Å². The summed E-state index contributed by atoms with van der Waals surface area (Å²) in [4.78, 5) is 2.32. The number of aryl methyl sites for hydroxylation is 1. The molecular weight excluding hydrogens is 267 g/mol.